The van der Waals surface area contributed by atoms with Crippen molar-refractivity contribution in [3.8, 4) is 5.75 Å². The molecule has 21 heavy (non-hydrogen) atoms. The lowest BCUT2D eigenvalue weighted by molar-refractivity contribution is -0.142. The van der Waals surface area contributed by atoms with Gasteiger partial charge in [-0.3, -0.25) is 9.59 Å². The van der Waals surface area contributed by atoms with E-state index in [4.69, 9.17) is 15.6 Å². The maximum Gasteiger partial charge on any atom is 0.326 e. The Morgan fingerprint density at radius 3 is 2.29 bits per heavy atom. The Bertz CT molecular complexity index is 527. The molecule has 0 aliphatic rings. The molecular formula is C14H18N2O5. The van der Waals surface area contributed by atoms with Crippen molar-refractivity contribution in [3.63, 3.8) is 0 Å². The Morgan fingerprint density at radius 2 is 1.86 bits per heavy atom. The highest BCUT2D eigenvalue weighted by Crippen LogP contribution is 2.15. The molecule has 0 heterocycles. The number of likely N-dealkylation sites (N-methyl/N-ethyl adjacent to an activating group) is 1. The van der Waals surface area contributed by atoms with E-state index in [1.54, 1.807) is 6.92 Å². The first-order chi connectivity index (χ1) is 9.86. The Morgan fingerprint density at radius 1 is 1.29 bits per heavy atom. The van der Waals surface area contributed by atoms with Crippen LogP contribution in [0.1, 0.15) is 23.7 Å². The van der Waals surface area contributed by atoms with Crippen molar-refractivity contribution in [2.45, 2.75) is 19.4 Å². The van der Waals surface area contributed by atoms with Gasteiger partial charge in [-0.25, -0.2) is 4.79 Å². The largest absolute Gasteiger partial charge is 0.484 e. The lowest BCUT2D eigenvalue weighted by Crippen LogP contribution is -2.41. The summed E-state index contributed by atoms with van der Waals surface area (Å²) in [4.78, 5) is 35.0. The summed E-state index contributed by atoms with van der Waals surface area (Å²) in [5.74, 6) is -1.64. The van der Waals surface area contributed by atoms with Crippen molar-refractivity contribution in [3.05, 3.63) is 29.8 Å². The molecule has 0 radical (unpaired) electrons. The standard InChI is InChI=1S/C14H18N2O5/c1-3-11(14(19)20)16(2)13(18)9-4-6-10(7-5-9)21-8-12(15)17/h4-7,11H,3,8H2,1-2H3,(H2,15,17)(H,19,20). The van der Waals surface area contributed by atoms with Crippen LogP contribution >= 0.6 is 0 Å². The predicted octanol–water partition coefficient (Wildman–Crippen LogP) is 0.486. The smallest absolute Gasteiger partial charge is 0.326 e. The molecule has 7 nitrogen and oxygen atoms in total. The lowest BCUT2D eigenvalue weighted by atomic mass is 10.1. The van der Waals surface area contributed by atoms with E-state index in [2.05, 4.69) is 0 Å². The van der Waals surface area contributed by atoms with Crippen molar-refractivity contribution in [1.29, 1.82) is 0 Å². The molecule has 0 aliphatic carbocycles. The van der Waals surface area contributed by atoms with Crippen LogP contribution in [-0.2, 0) is 9.59 Å². The second-order valence-corrected chi connectivity index (χ2v) is 4.46. The van der Waals surface area contributed by atoms with Crippen LogP contribution in [0.5, 0.6) is 5.75 Å². The number of nitrogens with two attached hydrogens (primary N) is 1. The summed E-state index contributed by atoms with van der Waals surface area (Å²) in [7, 11) is 1.45. The molecule has 1 aromatic rings. The quantitative estimate of drug-likeness (QED) is 0.760. The van der Waals surface area contributed by atoms with Crippen molar-refractivity contribution in [2.24, 2.45) is 5.73 Å². The van der Waals surface area contributed by atoms with Crippen LogP contribution in [0.2, 0.25) is 0 Å². The number of carbonyl (C=O) groups is 3. The minimum atomic E-state index is -1.05. The molecule has 2 amide bonds. The molecule has 0 saturated carbocycles. The number of carbonyl (C=O) groups excluding carboxylic acids is 2. The predicted molar refractivity (Wildman–Crippen MR) is 74.9 cm³/mol. The zero-order valence-electron chi connectivity index (χ0n) is 11.9. The van der Waals surface area contributed by atoms with E-state index in [-0.39, 0.29) is 6.61 Å². The van der Waals surface area contributed by atoms with Gasteiger partial charge in [0.05, 0.1) is 0 Å². The summed E-state index contributed by atoms with van der Waals surface area (Å²) in [5, 5.41) is 9.05. The topological polar surface area (TPSA) is 110 Å². The van der Waals surface area contributed by atoms with Crippen molar-refractivity contribution in [2.75, 3.05) is 13.7 Å². The fourth-order valence-corrected chi connectivity index (χ4v) is 1.81. The van der Waals surface area contributed by atoms with E-state index in [1.165, 1.54) is 36.2 Å². The molecular weight excluding hydrogens is 276 g/mol. The number of hydrogen-bond donors (Lipinski definition) is 2. The lowest BCUT2D eigenvalue weighted by Gasteiger charge is -2.23. The molecule has 7 heteroatoms. The molecule has 0 spiro atoms. The summed E-state index contributed by atoms with van der Waals surface area (Å²) in [6, 6.07) is 5.17. The number of carboxylic acid groups (broad SMARTS) is 1. The number of ether oxygens (including phenoxy) is 1. The van der Waals surface area contributed by atoms with Gasteiger partial charge in [-0.2, -0.15) is 0 Å². The van der Waals surface area contributed by atoms with Gasteiger partial charge >= 0.3 is 5.97 Å². The number of rotatable bonds is 7. The van der Waals surface area contributed by atoms with Gasteiger partial charge in [-0.15, -0.1) is 0 Å². The van der Waals surface area contributed by atoms with Crippen LogP contribution in [0.15, 0.2) is 24.3 Å². The van der Waals surface area contributed by atoms with Gasteiger partial charge in [0.25, 0.3) is 11.8 Å². The first-order valence-corrected chi connectivity index (χ1v) is 6.38. The highest BCUT2D eigenvalue weighted by atomic mass is 16.5. The Hall–Kier alpha value is -2.57. The molecule has 1 rings (SSSR count). The van der Waals surface area contributed by atoms with Crippen molar-refractivity contribution in [1.82, 2.24) is 4.90 Å². The molecule has 1 aromatic carbocycles. The third-order valence-corrected chi connectivity index (χ3v) is 2.94. The molecule has 3 N–H and O–H groups in total. The number of carboxylic acids is 1. The highest BCUT2D eigenvalue weighted by molar-refractivity contribution is 5.96. The van der Waals surface area contributed by atoms with Gasteiger partial charge in [0.15, 0.2) is 6.61 Å². The summed E-state index contributed by atoms with van der Waals surface area (Å²) >= 11 is 0. The van der Waals surface area contributed by atoms with Crippen LogP contribution in [0.25, 0.3) is 0 Å². The summed E-state index contributed by atoms with van der Waals surface area (Å²) in [6.07, 6.45) is 0.317. The SMILES string of the molecule is CCC(C(=O)O)N(C)C(=O)c1ccc(OCC(N)=O)cc1. The van der Waals surface area contributed by atoms with Crippen LogP contribution in [0.3, 0.4) is 0 Å². The Balaban J connectivity index is 2.79. The van der Waals surface area contributed by atoms with Crippen LogP contribution in [0.4, 0.5) is 0 Å². The van der Waals surface area contributed by atoms with E-state index < -0.39 is 23.8 Å². The average Bonchev–Trinajstić information content (AvgIpc) is 2.45. The monoisotopic (exact) mass is 294 g/mol. The Kier molecular flexibility index (Phi) is 5.71. The van der Waals surface area contributed by atoms with E-state index in [0.29, 0.717) is 17.7 Å². The molecule has 0 aliphatic heterocycles. The molecule has 1 unspecified atom stereocenters. The van der Waals surface area contributed by atoms with E-state index in [0.717, 1.165) is 0 Å². The summed E-state index contributed by atoms with van der Waals surface area (Å²) in [6.45, 7) is 1.45. The zero-order valence-corrected chi connectivity index (χ0v) is 11.9. The number of benzene rings is 1. The second kappa shape index (κ2) is 7.28. The minimum Gasteiger partial charge on any atom is -0.484 e. The summed E-state index contributed by atoms with van der Waals surface area (Å²) < 4.78 is 5.08. The van der Waals surface area contributed by atoms with Crippen LogP contribution < -0.4 is 10.5 Å². The third kappa shape index (κ3) is 4.48. The van der Waals surface area contributed by atoms with Gasteiger partial charge in [-0.1, -0.05) is 6.92 Å². The minimum absolute atomic E-state index is 0.246. The number of aliphatic carboxylic acids is 1. The molecule has 114 valence electrons. The maximum atomic E-state index is 12.2. The van der Waals surface area contributed by atoms with Gasteiger partial charge in [0.1, 0.15) is 11.8 Å². The van der Waals surface area contributed by atoms with Crippen molar-refractivity contribution >= 4 is 17.8 Å². The highest BCUT2D eigenvalue weighted by Gasteiger charge is 2.25. The maximum absolute atomic E-state index is 12.2. The number of hydrogen-bond acceptors (Lipinski definition) is 4. The molecule has 1 atom stereocenters. The fourth-order valence-electron chi connectivity index (χ4n) is 1.81. The van der Waals surface area contributed by atoms with Gasteiger partial charge < -0.3 is 20.5 Å². The molecule has 0 saturated heterocycles. The first kappa shape index (κ1) is 16.5. The molecule has 0 fully saturated rings. The first-order valence-electron chi connectivity index (χ1n) is 6.38. The zero-order chi connectivity index (χ0) is 16.0. The van der Waals surface area contributed by atoms with Crippen molar-refractivity contribution < 1.29 is 24.2 Å². The fraction of sp³-hybridized carbons (Fsp3) is 0.357. The molecule has 0 bridgehead atoms. The van der Waals surface area contributed by atoms with Crippen LogP contribution in [0, 0.1) is 0 Å². The number of amides is 2. The van der Waals surface area contributed by atoms with Gasteiger partial charge in [0, 0.05) is 12.6 Å². The van der Waals surface area contributed by atoms with E-state index in [9.17, 15) is 14.4 Å². The number of nitrogens with zero attached hydrogens (tertiary/aromatic N) is 1. The average molecular weight is 294 g/mol. The van der Waals surface area contributed by atoms with Gasteiger partial charge in [-0.05, 0) is 30.7 Å². The van der Waals surface area contributed by atoms with Gasteiger partial charge in [0.2, 0.25) is 0 Å². The van der Waals surface area contributed by atoms with Crippen LogP contribution in [-0.4, -0.2) is 47.5 Å². The Labute approximate surface area is 122 Å². The molecule has 0 aromatic heterocycles. The summed E-state index contributed by atoms with van der Waals surface area (Å²) in [5.41, 5.74) is 5.29. The van der Waals surface area contributed by atoms with E-state index in [1.807, 2.05) is 0 Å². The normalized spacial score (nSPS) is 11.5. The second-order valence-electron chi connectivity index (χ2n) is 4.46. The number of primary amides is 1. The third-order valence-electron chi connectivity index (χ3n) is 2.94. The van der Waals surface area contributed by atoms with E-state index >= 15 is 0 Å².